The number of ether oxygens (including phenoxy) is 3. The fourth-order valence-corrected chi connectivity index (χ4v) is 6.89. The van der Waals surface area contributed by atoms with E-state index in [2.05, 4.69) is 5.32 Å². The lowest BCUT2D eigenvalue weighted by atomic mass is 10.0. The summed E-state index contributed by atoms with van der Waals surface area (Å²) in [4.78, 5) is 29.7. The highest BCUT2D eigenvalue weighted by molar-refractivity contribution is 7.92. The number of anilines is 1. The molecule has 0 fully saturated rings. The highest BCUT2D eigenvalue weighted by atomic mass is 35.5. The van der Waals surface area contributed by atoms with Gasteiger partial charge in [0.25, 0.3) is 10.0 Å². The van der Waals surface area contributed by atoms with Gasteiger partial charge in [0.05, 0.1) is 31.9 Å². The monoisotopic (exact) mass is 693 g/mol. The van der Waals surface area contributed by atoms with Crippen LogP contribution in [0.25, 0.3) is 0 Å². The Morgan fingerprint density at radius 1 is 0.833 bits per heavy atom. The van der Waals surface area contributed by atoms with E-state index >= 15 is 0 Å². The first-order valence-corrected chi connectivity index (χ1v) is 17.1. The minimum absolute atomic E-state index is 0.0431. The fourth-order valence-electron chi connectivity index (χ4n) is 5.29. The average molecular weight is 694 g/mol. The zero-order valence-corrected chi connectivity index (χ0v) is 29.2. The molecule has 0 aliphatic heterocycles. The molecular formula is C36H40ClN3O7S. The second-order valence-corrected chi connectivity index (χ2v) is 13.2. The lowest BCUT2D eigenvalue weighted by Crippen LogP contribution is -2.53. The summed E-state index contributed by atoms with van der Waals surface area (Å²) in [5, 5.41) is 3.09. The largest absolute Gasteiger partial charge is 0.495 e. The molecule has 12 heteroatoms. The van der Waals surface area contributed by atoms with Crippen molar-refractivity contribution in [3.8, 4) is 17.2 Å². The number of hydrogen-bond donors (Lipinski definition) is 1. The second kappa shape index (κ2) is 16.4. The molecular weight excluding hydrogens is 654 g/mol. The van der Waals surface area contributed by atoms with Crippen LogP contribution in [0.3, 0.4) is 0 Å². The summed E-state index contributed by atoms with van der Waals surface area (Å²) < 4.78 is 46.2. The van der Waals surface area contributed by atoms with Crippen LogP contribution >= 0.6 is 11.6 Å². The van der Waals surface area contributed by atoms with Crippen LogP contribution in [-0.2, 0) is 32.6 Å². The minimum Gasteiger partial charge on any atom is -0.495 e. The van der Waals surface area contributed by atoms with Crippen LogP contribution in [0.1, 0.15) is 23.6 Å². The number of benzene rings is 4. The number of methoxy groups -OCH3 is 3. The molecule has 254 valence electrons. The zero-order chi connectivity index (χ0) is 34.8. The number of aryl methyl sites for hydroxylation is 1. The molecule has 4 rings (SSSR count). The number of rotatable bonds is 15. The molecule has 1 N–H and O–H groups in total. The van der Waals surface area contributed by atoms with Crippen LogP contribution in [-0.4, -0.2) is 65.6 Å². The fraction of sp³-hybridized carbons (Fsp3) is 0.278. The number of likely N-dealkylation sites (N-methyl/N-ethyl adjacent to an activating group) is 1. The average Bonchev–Trinajstić information content (AvgIpc) is 3.09. The van der Waals surface area contributed by atoms with E-state index in [0.717, 1.165) is 21.0 Å². The van der Waals surface area contributed by atoms with Gasteiger partial charge >= 0.3 is 0 Å². The van der Waals surface area contributed by atoms with Gasteiger partial charge in [-0.1, -0.05) is 66.2 Å². The minimum atomic E-state index is -4.47. The third-order valence-electron chi connectivity index (χ3n) is 7.86. The Morgan fingerprint density at radius 2 is 1.48 bits per heavy atom. The molecule has 0 saturated carbocycles. The molecule has 0 aliphatic rings. The summed E-state index contributed by atoms with van der Waals surface area (Å²) >= 11 is 6.38. The molecule has 10 nitrogen and oxygen atoms in total. The van der Waals surface area contributed by atoms with Gasteiger partial charge < -0.3 is 24.4 Å². The van der Waals surface area contributed by atoms with Crippen molar-refractivity contribution in [2.24, 2.45) is 0 Å². The van der Waals surface area contributed by atoms with Crippen molar-refractivity contribution in [2.75, 3.05) is 38.7 Å². The van der Waals surface area contributed by atoms with Gasteiger partial charge in [-0.2, -0.15) is 0 Å². The summed E-state index contributed by atoms with van der Waals surface area (Å²) in [5.41, 5.74) is 2.60. The topological polar surface area (TPSA) is 114 Å². The van der Waals surface area contributed by atoms with Gasteiger partial charge in [-0.15, -0.1) is 0 Å². The number of carbonyl (C=O) groups excluding carboxylic acids is 2. The maximum atomic E-state index is 14.7. The number of sulfonamides is 1. The van der Waals surface area contributed by atoms with Crippen molar-refractivity contribution in [2.45, 2.75) is 37.8 Å². The molecule has 2 amide bonds. The summed E-state index contributed by atoms with van der Waals surface area (Å²) in [6.45, 7) is 3.44. The Balaban J connectivity index is 1.88. The molecule has 0 heterocycles. The van der Waals surface area contributed by atoms with E-state index < -0.39 is 28.5 Å². The molecule has 1 atom stereocenters. The molecule has 4 aromatic carbocycles. The number of nitrogens with one attached hydrogen (secondary N) is 1. The number of carbonyl (C=O) groups is 2. The van der Waals surface area contributed by atoms with Gasteiger partial charge in [0, 0.05) is 30.6 Å². The van der Waals surface area contributed by atoms with E-state index in [-0.39, 0.29) is 46.0 Å². The quantitative estimate of drug-likeness (QED) is 0.171. The van der Waals surface area contributed by atoms with Crippen molar-refractivity contribution in [1.29, 1.82) is 0 Å². The Labute approximate surface area is 287 Å². The van der Waals surface area contributed by atoms with E-state index in [1.54, 1.807) is 13.0 Å². The molecule has 0 spiro atoms. The van der Waals surface area contributed by atoms with Crippen molar-refractivity contribution >= 4 is 39.1 Å². The van der Waals surface area contributed by atoms with Crippen molar-refractivity contribution in [3.63, 3.8) is 0 Å². The predicted octanol–water partition coefficient (Wildman–Crippen LogP) is 5.65. The maximum absolute atomic E-state index is 14.7. The highest BCUT2D eigenvalue weighted by Crippen LogP contribution is 2.37. The molecule has 0 radical (unpaired) electrons. The molecule has 1 unspecified atom stereocenters. The molecule has 0 saturated heterocycles. The summed E-state index contributed by atoms with van der Waals surface area (Å²) in [5.74, 6) is -0.293. The summed E-state index contributed by atoms with van der Waals surface area (Å²) in [7, 11) is -0.243. The first-order valence-electron chi connectivity index (χ1n) is 15.3. The SMILES string of the molecule is CCNC(=O)C(Cc1ccccc1)N(Cc1ccccc1C)C(=O)CN(c1cc(Cl)ccc1OC)S(=O)(=O)c1ccc(OC)c(OC)c1. The van der Waals surface area contributed by atoms with Crippen molar-refractivity contribution < 1.29 is 32.2 Å². The van der Waals surface area contributed by atoms with Crippen LogP contribution in [0, 0.1) is 6.92 Å². The van der Waals surface area contributed by atoms with Gasteiger partial charge in [0.15, 0.2) is 11.5 Å². The van der Waals surface area contributed by atoms with E-state index in [1.165, 1.54) is 56.6 Å². The van der Waals surface area contributed by atoms with Crippen LogP contribution in [0.2, 0.25) is 5.02 Å². The number of hydrogen-bond acceptors (Lipinski definition) is 7. The van der Waals surface area contributed by atoms with E-state index in [1.807, 2.05) is 61.5 Å². The molecule has 48 heavy (non-hydrogen) atoms. The third kappa shape index (κ3) is 8.39. The summed E-state index contributed by atoms with van der Waals surface area (Å²) in [6, 6.07) is 24.6. The normalized spacial score (nSPS) is 11.7. The Morgan fingerprint density at radius 3 is 2.12 bits per heavy atom. The molecule has 4 aromatic rings. The van der Waals surface area contributed by atoms with Crippen LogP contribution in [0.5, 0.6) is 17.2 Å². The number of amides is 2. The van der Waals surface area contributed by atoms with Crippen molar-refractivity contribution in [3.05, 3.63) is 113 Å². The standard InChI is InChI=1S/C36H40ClN3O7S/c1-6-38-36(42)31(20-26-13-8-7-9-14-26)39(23-27-15-11-10-12-25(27)2)35(41)24-40(30-21-28(37)16-18-32(30)45-3)48(43,44)29-17-19-33(46-4)34(22-29)47-5/h7-19,21-22,31H,6,20,23-24H2,1-5H3,(H,38,42). The van der Waals surface area contributed by atoms with Crippen LogP contribution in [0.4, 0.5) is 5.69 Å². The van der Waals surface area contributed by atoms with Crippen molar-refractivity contribution in [1.82, 2.24) is 10.2 Å². The Kier molecular flexibility index (Phi) is 12.3. The van der Waals surface area contributed by atoms with E-state index in [4.69, 9.17) is 25.8 Å². The van der Waals surface area contributed by atoms with Gasteiger partial charge in [-0.05, 0) is 60.9 Å². The van der Waals surface area contributed by atoms with Gasteiger partial charge in [-0.3, -0.25) is 13.9 Å². The maximum Gasteiger partial charge on any atom is 0.265 e. The Bertz CT molecular complexity index is 1840. The summed E-state index contributed by atoms with van der Waals surface area (Å²) in [6.07, 6.45) is 0.202. The van der Waals surface area contributed by atoms with Crippen LogP contribution < -0.4 is 23.8 Å². The first-order chi connectivity index (χ1) is 23.0. The highest BCUT2D eigenvalue weighted by Gasteiger charge is 2.36. The van der Waals surface area contributed by atoms with E-state index in [9.17, 15) is 18.0 Å². The Hall–Kier alpha value is -4.74. The number of nitrogens with zero attached hydrogens (tertiary/aromatic N) is 2. The molecule has 0 aromatic heterocycles. The van der Waals surface area contributed by atoms with Gasteiger partial charge in [0.2, 0.25) is 11.8 Å². The predicted molar refractivity (Wildman–Crippen MR) is 186 cm³/mol. The number of halogens is 1. The smallest absolute Gasteiger partial charge is 0.265 e. The van der Waals surface area contributed by atoms with Crippen LogP contribution in [0.15, 0.2) is 95.9 Å². The molecule has 0 bridgehead atoms. The lowest BCUT2D eigenvalue weighted by Gasteiger charge is -2.34. The first kappa shape index (κ1) is 36.1. The zero-order valence-electron chi connectivity index (χ0n) is 27.6. The second-order valence-electron chi connectivity index (χ2n) is 10.9. The van der Waals surface area contributed by atoms with E-state index in [0.29, 0.717) is 12.3 Å². The van der Waals surface area contributed by atoms with Gasteiger partial charge in [0.1, 0.15) is 18.3 Å². The third-order valence-corrected chi connectivity index (χ3v) is 9.85. The lowest BCUT2D eigenvalue weighted by molar-refractivity contribution is -0.140. The van der Waals surface area contributed by atoms with Gasteiger partial charge in [-0.25, -0.2) is 8.42 Å². The molecule has 0 aliphatic carbocycles.